The third-order valence-electron chi connectivity index (χ3n) is 3.54. The lowest BCUT2D eigenvalue weighted by Gasteiger charge is -2.23. The number of nitrogens with two attached hydrogens (primary N) is 1. The number of ether oxygens (including phenoxy) is 2. The highest BCUT2D eigenvalue weighted by Crippen LogP contribution is 2.34. The number of rotatable bonds is 7. The first-order valence-corrected chi connectivity index (χ1v) is 6.67. The van der Waals surface area contributed by atoms with E-state index in [0.717, 1.165) is 17.9 Å². The second-order valence-electron chi connectivity index (χ2n) is 4.98. The van der Waals surface area contributed by atoms with Crippen molar-refractivity contribution in [2.24, 2.45) is 11.7 Å². The molecule has 19 heavy (non-hydrogen) atoms. The molecule has 0 heterocycles. The average molecular weight is 266 g/mol. The lowest BCUT2D eigenvalue weighted by atomic mass is 9.92. The van der Waals surface area contributed by atoms with Crippen LogP contribution in [0.1, 0.15) is 30.5 Å². The largest absolute Gasteiger partial charge is 0.493 e. The summed E-state index contributed by atoms with van der Waals surface area (Å²) in [6, 6.07) is 4.35. The smallest absolute Gasteiger partial charge is 0.161 e. The number of hydrogen-bond donors (Lipinski definition) is 2. The molecule has 1 aromatic carbocycles. The van der Waals surface area contributed by atoms with Crippen molar-refractivity contribution in [2.45, 2.75) is 26.3 Å². The van der Waals surface area contributed by atoms with Crippen LogP contribution in [0.15, 0.2) is 12.1 Å². The molecule has 3 N–H and O–H groups in total. The molecule has 0 aliphatic heterocycles. The Morgan fingerprint density at radius 2 is 1.79 bits per heavy atom. The van der Waals surface area contributed by atoms with Crippen molar-refractivity contribution < 1.29 is 9.47 Å². The topological polar surface area (TPSA) is 56.5 Å². The summed E-state index contributed by atoms with van der Waals surface area (Å²) < 4.78 is 10.7. The highest BCUT2D eigenvalue weighted by molar-refractivity contribution is 5.48. The Balaban J connectivity index is 3.09. The van der Waals surface area contributed by atoms with Crippen LogP contribution in [0.4, 0.5) is 0 Å². The van der Waals surface area contributed by atoms with E-state index in [1.54, 1.807) is 14.2 Å². The van der Waals surface area contributed by atoms with Crippen LogP contribution < -0.4 is 20.5 Å². The summed E-state index contributed by atoms with van der Waals surface area (Å²) in [6.07, 6.45) is 1.00. The zero-order valence-electron chi connectivity index (χ0n) is 12.6. The monoisotopic (exact) mass is 266 g/mol. The standard InChI is InChI=1S/C15H26N2O2/c1-10(9-16)6-13(17-3)12-8-15(19-5)14(18-4)7-11(12)2/h7-8,10,13,17H,6,9,16H2,1-5H3. The SMILES string of the molecule is CNC(CC(C)CN)c1cc(OC)c(OC)cc1C. The highest BCUT2D eigenvalue weighted by Gasteiger charge is 2.17. The van der Waals surface area contributed by atoms with Crippen molar-refractivity contribution in [1.29, 1.82) is 0 Å². The summed E-state index contributed by atoms with van der Waals surface area (Å²) >= 11 is 0. The molecule has 0 saturated heterocycles. The molecule has 0 amide bonds. The van der Waals surface area contributed by atoms with E-state index in [0.29, 0.717) is 12.5 Å². The predicted molar refractivity (Wildman–Crippen MR) is 78.9 cm³/mol. The maximum absolute atomic E-state index is 5.72. The van der Waals surface area contributed by atoms with Crippen LogP contribution in [0.5, 0.6) is 11.5 Å². The fourth-order valence-electron chi connectivity index (χ4n) is 2.27. The van der Waals surface area contributed by atoms with Crippen LogP contribution in [-0.4, -0.2) is 27.8 Å². The van der Waals surface area contributed by atoms with E-state index in [9.17, 15) is 0 Å². The Morgan fingerprint density at radius 1 is 1.21 bits per heavy atom. The fraction of sp³-hybridized carbons (Fsp3) is 0.600. The van der Waals surface area contributed by atoms with Crippen LogP contribution in [0, 0.1) is 12.8 Å². The van der Waals surface area contributed by atoms with Gasteiger partial charge in [0.2, 0.25) is 0 Å². The van der Waals surface area contributed by atoms with Gasteiger partial charge in [0.05, 0.1) is 14.2 Å². The molecule has 0 saturated carbocycles. The number of nitrogens with one attached hydrogen (secondary N) is 1. The van der Waals surface area contributed by atoms with E-state index in [4.69, 9.17) is 15.2 Å². The Morgan fingerprint density at radius 3 is 2.26 bits per heavy atom. The second kappa shape index (κ2) is 7.36. The van der Waals surface area contributed by atoms with Crippen molar-refractivity contribution in [3.05, 3.63) is 23.3 Å². The number of benzene rings is 1. The summed E-state index contributed by atoms with van der Waals surface area (Å²) in [5, 5.41) is 3.36. The molecular weight excluding hydrogens is 240 g/mol. The van der Waals surface area contributed by atoms with Gasteiger partial charge in [0.25, 0.3) is 0 Å². The summed E-state index contributed by atoms with van der Waals surface area (Å²) in [4.78, 5) is 0. The van der Waals surface area contributed by atoms with E-state index in [1.165, 1.54) is 11.1 Å². The van der Waals surface area contributed by atoms with E-state index in [1.807, 2.05) is 13.1 Å². The first kappa shape index (κ1) is 15.8. The minimum atomic E-state index is 0.276. The van der Waals surface area contributed by atoms with Crippen molar-refractivity contribution in [3.8, 4) is 11.5 Å². The molecule has 2 unspecified atom stereocenters. The lowest BCUT2D eigenvalue weighted by Crippen LogP contribution is -2.23. The molecule has 0 aliphatic carbocycles. The van der Waals surface area contributed by atoms with Crippen LogP contribution >= 0.6 is 0 Å². The molecule has 4 nitrogen and oxygen atoms in total. The Bertz CT molecular complexity index is 407. The van der Waals surface area contributed by atoms with Gasteiger partial charge in [-0.3, -0.25) is 0 Å². The van der Waals surface area contributed by atoms with E-state index >= 15 is 0 Å². The Labute approximate surface area is 116 Å². The van der Waals surface area contributed by atoms with Gasteiger partial charge in [-0.2, -0.15) is 0 Å². The predicted octanol–water partition coefficient (Wildman–Crippen LogP) is 2.26. The van der Waals surface area contributed by atoms with Crippen molar-refractivity contribution in [3.63, 3.8) is 0 Å². The average Bonchev–Trinajstić information content (AvgIpc) is 2.44. The maximum atomic E-state index is 5.72. The molecule has 0 spiro atoms. The van der Waals surface area contributed by atoms with Gasteiger partial charge < -0.3 is 20.5 Å². The minimum Gasteiger partial charge on any atom is -0.493 e. The van der Waals surface area contributed by atoms with Gasteiger partial charge in [-0.25, -0.2) is 0 Å². The zero-order chi connectivity index (χ0) is 14.4. The molecule has 0 fully saturated rings. The lowest BCUT2D eigenvalue weighted by molar-refractivity contribution is 0.352. The van der Waals surface area contributed by atoms with Gasteiger partial charge in [-0.05, 0) is 56.1 Å². The van der Waals surface area contributed by atoms with Gasteiger partial charge in [0.15, 0.2) is 11.5 Å². The van der Waals surface area contributed by atoms with Gasteiger partial charge in [0.1, 0.15) is 0 Å². The highest BCUT2D eigenvalue weighted by atomic mass is 16.5. The van der Waals surface area contributed by atoms with Gasteiger partial charge in [0, 0.05) is 6.04 Å². The first-order chi connectivity index (χ1) is 9.07. The maximum Gasteiger partial charge on any atom is 0.161 e. The van der Waals surface area contributed by atoms with Crippen LogP contribution in [0.2, 0.25) is 0 Å². The van der Waals surface area contributed by atoms with Crippen LogP contribution in [-0.2, 0) is 0 Å². The zero-order valence-corrected chi connectivity index (χ0v) is 12.6. The summed E-state index contributed by atoms with van der Waals surface area (Å²) in [6.45, 7) is 4.96. The van der Waals surface area contributed by atoms with Crippen LogP contribution in [0.25, 0.3) is 0 Å². The Kier molecular flexibility index (Phi) is 6.12. The molecular formula is C15H26N2O2. The second-order valence-corrected chi connectivity index (χ2v) is 4.98. The van der Waals surface area contributed by atoms with Crippen molar-refractivity contribution in [2.75, 3.05) is 27.8 Å². The quantitative estimate of drug-likeness (QED) is 0.795. The van der Waals surface area contributed by atoms with E-state index in [2.05, 4.69) is 25.2 Å². The van der Waals surface area contributed by atoms with Crippen molar-refractivity contribution in [1.82, 2.24) is 5.32 Å². The summed E-state index contributed by atoms with van der Waals surface area (Å²) in [7, 11) is 5.29. The number of aryl methyl sites for hydroxylation is 1. The molecule has 108 valence electrons. The van der Waals surface area contributed by atoms with E-state index < -0.39 is 0 Å². The van der Waals surface area contributed by atoms with E-state index in [-0.39, 0.29) is 6.04 Å². The molecule has 2 atom stereocenters. The molecule has 1 aromatic rings. The minimum absolute atomic E-state index is 0.276. The number of methoxy groups -OCH3 is 2. The molecule has 0 radical (unpaired) electrons. The normalized spacial score (nSPS) is 14.0. The summed E-state index contributed by atoms with van der Waals surface area (Å²) in [5.74, 6) is 2.01. The fourth-order valence-corrected chi connectivity index (χ4v) is 2.27. The Hall–Kier alpha value is -1.26. The molecule has 4 heteroatoms. The number of hydrogen-bond acceptors (Lipinski definition) is 4. The van der Waals surface area contributed by atoms with Crippen LogP contribution in [0.3, 0.4) is 0 Å². The van der Waals surface area contributed by atoms with Gasteiger partial charge in [-0.15, -0.1) is 0 Å². The third kappa shape index (κ3) is 3.85. The van der Waals surface area contributed by atoms with Gasteiger partial charge in [-0.1, -0.05) is 6.92 Å². The first-order valence-electron chi connectivity index (χ1n) is 6.67. The molecule has 0 bridgehead atoms. The third-order valence-corrected chi connectivity index (χ3v) is 3.54. The molecule has 0 aliphatic rings. The van der Waals surface area contributed by atoms with Gasteiger partial charge >= 0.3 is 0 Å². The molecule has 0 aromatic heterocycles. The van der Waals surface area contributed by atoms with Crippen molar-refractivity contribution >= 4 is 0 Å². The summed E-state index contributed by atoms with van der Waals surface area (Å²) in [5.41, 5.74) is 8.15. The molecule has 1 rings (SSSR count).